The molecule has 0 saturated heterocycles. The lowest BCUT2D eigenvalue weighted by molar-refractivity contribution is 0.0992. The molecule has 6 nitrogen and oxygen atoms in total. The summed E-state index contributed by atoms with van der Waals surface area (Å²) in [7, 11) is 0. The highest BCUT2D eigenvalue weighted by Crippen LogP contribution is 2.25. The first kappa shape index (κ1) is 23.6. The molecule has 0 unspecified atom stereocenters. The fourth-order valence-electron chi connectivity index (χ4n) is 4.01. The van der Waals surface area contributed by atoms with Gasteiger partial charge in [-0.25, -0.2) is 4.39 Å². The summed E-state index contributed by atoms with van der Waals surface area (Å²) in [6, 6.07) is 21.5. The van der Waals surface area contributed by atoms with E-state index in [1.54, 1.807) is 29.8 Å². The van der Waals surface area contributed by atoms with Crippen molar-refractivity contribution in [1.29, 1.82) is 0 Å². The van der Waals surface area contributed by atoms with Crippen molar-refractivity contribution in [3.8, 4) is 5.75 Å². The maximum absolute atomic E-state index is 13.4. The fourth-order valence-corrected chi connectivity index (χ4v) is 4.23. The van der Waals surface area contributed by atoms with Crippen molar-refractivity contribution in [2.24, 2.45) is 0 Å². The van der Waals surface area contributed by atoms with Gasteiger partial charge in [-0.15, -0.1) is 0 Å². The minimum absolute atomic E-state index is 0.167. The van der Waals surface area contributed by atoms with E-state index in [9.17, 15) is 9.18 Å². The summed E-state index contributed by atoms with van der Waals surface area (Å²) in [6.07, 6.45) is 0. The summed E-state index contributed by atoms with van der Waals surface area (Å²) >= 11 is 6.16. The Bertz CT molecular complexity index is 1570. The number of carbonyl (C=O) groups is 1. The second kappa shape index (κ2) is 9.87. The molecule has 8 heteroatoms. The van der Waals surface area contributed by atoms with Crippen molar-refractivity contribution in [2.75, 3.05) is 5.32 Å². The smallest absolute Gasteiger partial charge is 0.291 e. The van der Waals surface area contributed by atoms with Gasteiger partial charge >= 0.3 is 0 Å². The first-order chi connectivity index (χ1) is 17.4. The monoisotopic (exact) mass is 503 g/mol. The fraction of sp³-hybridized carbons (Fsp3) is 0.143. The zero-order valence-electron chi connectivity index (χ0n) is 19.7. The van der Waals surface area contributed by atoms with E-state index in [1.807, 2.05) is 49.4 Å². The number of benzene rings is 3. The highest BCUT2D eigenvalue weighted by Gasteiger charge is 2.18. The molecule has 0 saturated carbocycles. The number of nitrogens with one attached hydrogen (secondary N) is 1. The Labute approximate surface area is 212 Å². The minimum Gasteiger partial charge on any atom is -0.486 e. The predicted octanol–water partition coefficient (Wildman–Crippen LogP) is 6.92. The van der Waals surface area contributed by atoms with Gasteiger partial charge in [-0.3, -0.25) is 9.48 Å². The zero-order chi connectivity index (χ0) is 25.2. The summed E-state index contributed by atoms with van der Waals surface area (Å²) in [6.45, 7) is 4.19. The number of anilines is 1. The molecule has 182 valence electrons. The van der Waals surface area contributed by atoms with Gasteiger partial charge in [-0.05, 0) is 66.6 Å². The van der Waals surface area contributed by atoms with Crippen LogP contribution in [0.3, 0.4) is 0 Å². The molecule has 0 fully saturated rings. The van der Waals surface area contributed by atoms with Crippen LogP contribution < -0.4 is 10.1 Å². The number of amides is 1. The number of nitrogens with zero attached hydrogens (tertiary/aromatic N) is 2. The molecular weight excluding hydrogens is 481 g/mol. The molecule has 36 heavy (non-hydrogen) atoms. The van der Waals surface area contributed by atoms with Crippen LogP contribution in [0.2, 0.25) is 5.02 Å². The van der Waals surface area contributed by atoms with Crippen LogP contribution in [0.15, 0.2) is 77.2 Å². The van der Waals surface area contributed by atoms with Crippen LogP contribution in [0.1, 0.15) is 33.3 Å². The Balaban J connectivity index is 1.25. The van der Waals surface area contributed by atoms with Crippen LogP contribution in [0.25, 0.3) is 10.8 Å². The average molecular weight is 504 g/mol. The summed E-state index contributed by atoms with van der Waals surface area (Å²) in [4.78, 5) is 12.9. The highest BCUT2D eigenvalue weighted by atomic mass is 35.5. The molecule has 0 spiro atoms. The summed E-state index contributed by atoms with van der Waals surface area (Å²) in [5, 5.41) is 9.93. The molecule has 0 atom stereocenters. The summed E-state index contributed by atoms with van der Waals surface area (Å²) < 4.78 is 26.6. The van der Waals surface area contributed by atoms with Gasteiger partial charge in [0.2, 0.25) is 0 Å². The average Bonchev–Trinajstić information content (AvgIpc) is 3.45. The van der Waals surface area contributed by atoms with Crippen molar-refractivity contribution in [3.63, 3.8) is 0 Å². The first-order valence-corrected chi connectivity index (χ1v) is 11.7. The Hall–Kier alpha value is -4.10. The van der Waals surface area contributed by atoms with Gasteiger partial charge < -0.3 is 14.5 Å². The number of aromatic nitrogens is 2. The topological polar surface area (TPSA) is 69.3 Å². The van der Waals surface area contributed by atoms with E-state index in [2.05, 4.69) is 10.4 Å². The maximum Gasteiger partial charge on any atom is 0.291 e. The number of hydrogen-bond acceptors (Lipinski definition) is 4. The molecule has 3 aromatic carbocycles. The van der Waals surface area contributed by atoms with Gasteiger partial charge in [0.1, 0.15) is 23.9 Å². The second-order valence-electron chi connectivity index (χ2n) is 8.46. The van der Waals surface area contributed by atoms with E-state index in [0.29, 0.717) is 28.7 Å². The maximum atomic E-state index is 13.4. The Morgan fingerprint density at radius 2 is 1.86 bits per heavy atom. The lowest BCUT2D eigenvalue weighted by atomic mass is 10.1. The van der Waals surface area contributed by atoms with E-state index in [-0.39, 0.29) is 12.4 Å². The SMILES string of the molecule is Cc1nn(Cc2ccc(F)cc2Cl)c(C)c1NC(=O)c1ccc(COc2ccc3ccccc3c2)o1. The largest absolute Gasteiger partial charge is 0.486 e. The van der Waals surface area contributed by atoms with Gasteiger partial charge in [-0.2, -0.15) is 5.10 Å². The number of aryl methyl sites for hydroxylation is 1. The standard InChI is InChI=1S/C28H23ClFN3O3/c1-17-27(18(2)33(32-17)15-21-7-9-22(30)14-25(21)29)31-28(34)26-12-11-24(36-26)16-35-23-10-8-19-5-3-4-6-20(19)13-23/h3-14H,15-16H2,1-2H3,(H,31,34). The molecule has 0 radical (unpaired) electrons. The van der Waals surface area contributed by atoms with Crippen LogP contribution in [0.4, 0.5) is 10.1 Å². The van der Waals surface area contributed by atoms with E-state index < -0.39 is 11.7 Å². The molecule has 2 aromatic heterocycles. The zero-order valence-corrected chi connectivity index (χ0v) is 20.5. The van der Waals surface area contributed by atoms with Gasteiger partial charge in [0.15, 0.2) is 5.76 Å². The number of rotatable bonds is 7. The van der Waals surface area contributed by atoms with Crippen molar-refractivity contribution < 1.29 is 18.3 Å². The quantitative estimate of drug-likeness (QED) is 0.262. The van der Waals surface area contributed by atoms with Crippen LogP contribution >= 0.6 is 11.6 Å². The third-order valence-electron chi connectivity index (χ3n) is 5.94. The van der Waals surface area contributed by atoms with Gasteiger partial charge in [-0.1, -0.05) is 48.0 Å². The predicted molar refractivity (Wildman–Crippen MR) is 137 cm³/mol. The minimum atomic E-state index is -0.398. The summed E-state index contributed by atoms with van der Waals surface area (Å²) in [5.74, 6) is 0.628. The van der Waals surface area contributed by atoms with E-state index in [4.69, 9.17) is 20.8 Å². The van der Waals surface area contributed by atoms with Gasteiger partial charge in [0.25, 0.3) is 5.91 Å². The number of hydrogen-bond donors (Lipinski definition) is 1. The number of furan rings is 1. The van der Waals surface area contributed by atoms with Crippen molar-refractivity contribution in [3.05, 3.63) is 112 Å². The molecule has 0 aliphatic carbocycles. The van der Waals surface area contributed by atoms with Crippen LogP contribution in [-0.2, 0) is 13.2 Å². The molecule has 1 N–H and O–H groups in total. The molecular formula is C28H23ClFN3O3. The van der Waals surface area contributed by atoms with Gasteiger partial charge in [0, 0.05) is 5.02 Å². The summed E-state index contributed by atoms with van der Waals surface area (Å²) in [5.41, 5.74) is 2.70. The molecule has 5 rings (SSSR count). The lowest BCUT2D eigenvalue weighted by Gasteiger charge is -2.08. The lowest BCUT2D eigenvalue weighted by Crippen LogP contribution is -2.12. The molecule has 0 aliphatic heterocycles. The highest BCUT2D eigenvalue weighted by molar-refractivity contribution is 6.31. The third-order valence-corrected chi connectivity index (χ3v) is 6.29. The molecule has 2 heterocycles. The Morgan fingerprint density at radius 1 is 1.06 bits per heavy atom. The van der Waals surface area contributed by atoms with Crippen molar-refractivity contribution in [1.82, 2.24) is 9.78 Å². The number of ether oxygens (including phenoxy) is 1. The van der Waals surface area contributed by atoms with Crippen LogP contribution in [-0.4, -0.2) is 15.7 Å². The number of fused-ring (bicyclic) bond motifs is 1. The normalized spacial score (nSPS) is 11.1. The molecule has 0 aliphatic rings. The molecule has 1 amide bonds. The Kier molecular flexibility index (Phi) is 6.48. The first-order valence-electron chi connectivity index (χ1n) is 11.4. The number of halogens is 2. The van der Waals surface area contributed by atoms with E-state index in [0.717, 1.165) is 27.8 Å². The molecule has 0 bridgehead atoms. The molecule has 5 aromatic rings. The van der Waals surface area contributed by atoms with Crippen LogP contribution in [0.5, 0.6) is 5.75 Å². The third kappa shape index (κ3) is 4.97. The van der Waals surface area contributed by atoms with Crippen molar-refractivity contribution >= 4 is 34.0 Å². The number of carbonyl (C=O) groups excluding carboxylic acids is 1. The second-order valence-corrected chi connectivity index (χ2v) is 8.86. The van der Waals surface area contributed by atoms with Crippen LogP contribution in [0, 0.1) is 19.7 Å². The van der Waals surface area contributed by atoms with Crippen molar-refractivity contribution in [2.45, 2.75) is 27.0 Å². The van der Waals surface area contributed by atoms with E-state index >= 15 is 0 Å². The van der Waals surface area contributed by atoms with E-state index in [1.165, 1.54) is 12.1 Å². The van der Waals surface area contributed by atoms with Gasteiger partial charge in [0.05, 0.1) is 23.6 Å². The Morgan fingerprint density at radius 3 is 2.67 bits per heavy atom.